The molecule has 0 spiro atoms. The lowest BCUT2D eigenvalue weighted by atomic mass is 10.1. The summed E-state index contributed by atoms with van der Waals surface area (Å²) in [5.74, 6) is 0.778. The molecule has 9 heteroatoms. The normalized spacial score (nSPS) is 13.1. The molecule has 144 valence electrons. The number of rotatable bonds is 6. The zero-order chi connectivity index (χ0) is 18.5. The molecule has 0 bridgehead atoms. The van der Waals surface area contributed by atoms with E-state index in [1.807, 2.05) is 29.2 Å². The summed E-state index contributed by atoms with van der Waals surface area (Å²) in [6.07, 6.45) is 0. The Hall–Kier alpha value is -1.45. The van der Waals surface area contributed by atoms with Gasteiger partial charge in [-0.2, -0.15) is 8.78 Å². The van der Waals surface area contributed by atoms with Crippen LogP contribution >= 0.6 is 44.7 Å². The number of amidine groups is 1. The summed E-state index contributed by atoms with van der Waals surface area (Å²) in [6.45, 7) is -2.05. The molecule has 0 aliphatic carbocycles. The van der Waals surface area contributed by atoms with Crippen molar-refractivity contribution in [1.82, 2.24) is 0 Å². The third-order valence-corrected chi connectivity index (χ3v) is 5.16. The Bertz CT molecular complexity index is 802. The standard InChI is InChI=1S/C18H15BrF2N2O2S.BrH/c19-13-3-5-14(6-4-13)23(18-22-9-10-26-18)11-16(24)12-1-7-15(8-2-12)25-17(20)21;/h1-8,17H,9-11H2;1H. The van der Waals surface area contributed by atoms with Crippen LogP contribution in [-0.2, 0) is 0 Å². The van der Waals surface area contributed by atoms with E-state index in [9.17, 15) is 13.6 Å². The lowest BCUT2D eigenvalue weighted by molar-refractivity contribution is -0.0498. The van der Waals surface area contributed by atoms with Crippen LogP contribution in [-0.4, -0.2) is 36.4 Å². The summed E-state index contributed by atoms with van der Waals surface area (Å²) in [7, 11) is 0. The van der Waals surface area contributed by atoms with E-state index < -0.39 is 6.61 Å². The van der Waals surface area contributed by atoms with Crippen LogP contribution < -0.4 is 9.64 Å². The molecule has 0 saturated heterocycles. The van der Waals surface area contributed by atoms with Gasteiger partial charge in [0.15, 0.2) is 11.0 Å². The number of nitrogens with zero attached hydrogens (tertiary/aromatic N) is 2. The number of halogens is 4. The van der Waals surface area contributed by atoms with E-state index in [1.165, 1.54) is 24.3 Å². The first-order valence-corrected chi connectivity index (χ1v) is 9.59. The molecule has 1 aliphatic heterocycles. The minimum absolute atomic E-state index is 0. The van der Waals surface area contributed by atoms with Crippen molar-refractivity contribution in [3.63, 3.8) is 0 Å². The van der Waals surface area contributed by atoms with Crippen LogP contribution in [0.25, 0.3) is 0 Å². The van der Waals surface area contributed by atoms with E-state index in [2.05, 4.69) is 25.7 Å². The summed E-state index contributed by atoms with van der Waals surface area (Å²) in [6, 6.07) is 13.4. The Labute approximate surface area is 178 Å². The number of carbonyl (C=O) groups excluding carboxylic acids is 1. The maximum absolute atomic E-state index is 12.7. The molecular formula is C18H16Br2F2N2O2S. The first-order valence-electron chi connectivity index (χ1n) is 7.81. The minimum atomic E-state index is -2.89. The topological polar surface area (TPSA) is 41.9 Å². The van der Waals surface area contributed by atoms with Crippen LogP contribution in [0.1, 0.15) is 10.4 Å². The molecule has 2 aromatic carbocycles. The summed E-state index contributed by atoms with van der Waals surface area (Å²) in [5.41, 5.74) is 1.30. The number of hydrogen-bond donors (Lipinski definition) is 0. The van der Waals surface area contributed by atoms with Crippen LogP contribution in [0.3, 0.4) is 0 Å². The quantitative estimate of drug-likeness (QED) is 0.476. The van der Waals surface area contributed by atoms with E-state index in [-0.39, 0.29) is 35.1 Å². The highest BCUT2D eigenvalue weighted by molar-refractivity contribution is 9.10. The van der Waals surface area contributed by atoms with E-state index in [4.69, 9.17) is 0 Å². The van der Waals surface area contributed by atoms with Gasteiger partial charge in [0, 0.05) is 21.5 Å². The number of thioether (sulfide) groups is 1. The van der Waals surface area contributed by atoms with E-state index in [0.29, 0.717) is 5.56 Å². The van der Waals surface area contributed by atoms with Gasteiger partial charge in [0.2, 0.25) is 0 Å². The van der Waals surface area contributed by atoms with Crippen molar-refractivity contribution in [2.75, 3.05) is 23.7 Å². The van der Waals surface area contributed by atoms with Gasteiger partial charge in [0.25, 0.3) is 0 Å². The van der Waals surface area contributed by atoms with Gasteiger partial charge >= 0.3 is 6.61 Å². The lowest BCUT2D eigenvalue weighted by Gasteiger charge is -2.23. The molecule has 0 amide bonds. The highest BCUT2D eigenvalue weighted by Gasteiger charge is 2.21. The second kappa shape index (κ2) is 10.2. The highest BCUT2D eigenvalue weighted by Crippen LogP contribution is 2.25. The summed E-state index contributed by atoms with van der Waals surface area (Å²) in [4.78, 5) is 19.0. The van der Waals surface area contributed by atoms with Crippen LogP contribution in [0.4, 0.5) is 14.5 Å². The summed E-state index contributed by atoms with van der Waals surface area (Å²) < 4.78 is 29.7. The van der Waals surface area contributed by atoms with E-state index in [0.717, 1.165) is 27.6 Å². The van der Waals surface area contributed by atoms with Crippen LogP contribution in [0.5, 0.6) is 5.75 Å². The number of ether oxygens (including phenoxy) is 1. The molecule has 0 saturated carbocycles. The van der Waals surface area contributed by atoms with Crippen LogP contribution in [0.15, 0.2) is 58.0 Å². The van der Waals surface area contributed by atoms with Gasteiger partial charge in [-0.15, -0.1) is 17.0 Å². The van der Waals surface area contributed by atoms with Crippen molar-refractivity contribution in [2.45, 2.75) is 6.61 Å². The van der Waals surface area contributed by atoms with Crippen molar-refractivity contribution in [3.05, 3.63) is 58.6 Å². The SMILES string of the molecule is Br.O=C(CN(C1=NCCS1)c1ccc(Br)cc1)c1ccc(OC(F)F)cc1. The van der Waals surface area contributed by atoms with Crippen molar-refractivity contribution < 1.29 is 18.3 Å². The molecular weight excluding hydrogens is 506 g/mol. The number of benzene rings is 2. The Morgan fingerprint density at radius 3 is 2.41 bits per heavy atom. The summed E-state index contributed by atoms with van der Waals surface area (Å²) in [5, 5.41) is 0.804. The molecule has 0 N–H and O–H groups in total. The smallest absolute Gasteiger partial charge is 0.387 e. The van der Waals surface area contributed by atoms with E-state index >= 15 is 0 Å². The predicted molar refractivity (Wildman–Crippen MR) is 114 cm³/mol. The second-order valence-electron chi connectivity index (χ2n) is 5.40. The Morgan fingerprint density at radius 2 is 1.85 bits per heavy atom. The summed E-state index contributed by atoms with van der Waals surface area (Å²) >= 11 is 5.01. The number of Topliss-reactive ketones (excluding diaryl/α,β-unsaturated/α-hetero) is 1. The van der Waals surface area contributed by atoms with Gasteiger partial charge in [-0.05, 0) is 48.5 Å². The molecule has 0 unspecified atom stereocenters. The molecule has 0 fully saturated rings. The van der Waals surface area contributed by atoms with Crippen LogP contribution in [0.2, 0.25) is 0 Å². The van der Waals surface area contributed by atoms with Gasteiger partial charge in [0.05, 0.1) is 13.1 Å². The van der Waals surface area contributed by atoms with E-state index in [1.54, 1.807) is 11.8 Å². The average Bonchev–Trinajstić information content (AvgIpc) is 3.15. The zero-order valence-electron chi connectivity index (χ0n) is 14.0. The van der Waals surface area contributed by atoms with Gasteiger partial charge in [-0.1, -0.05) is 27.7 Å². The molecule has 4 nitrogen and oxygen atoms in total. The lowest BCUT2D eigenvalue weighted by Crippen LogP contribution is -2.33. The number of hydrogen-bond acceptors (Lipinski definition) is 5. The predicted octanol–water partition coefficient (Wildman–Crippen LogP) is 5.42. The highest BCUT2D eigenvalue weighted by atomic mass is 79.9. The fourth-order valence-corrected chi connectivity index (χ4v) is 3.57. The average molecular weight is 522 g/mol. The molecule has 3 rings (SSSR count). The monoisotopic (exact) mass is 520 g/mol. The molecule has 1 aliphatic rings. The number of carbonyl (C=O) groups is 1. The van der Waals surface area contributed by atoms with Gasteiger partial charge in [-0.3, -0.25) is 9.79 Å². The number of anilines is 1. The second-order valence-corrected chi connectivity index (χ2v) is 7.38. The molecule has 0 atom stereocenters. The number of ketones is 1. The Morgan fingerprint density at radius 1 is 1.19 bits per heavy atom. The molecule has 0 radical (unpaired) electrons. The minimum Gasteiger partial charge on any atom is -0.435 e. The zero-order valence-corrected chi connectivity index (χ0v) is 18.1. The van der Waals surface area contributed by atoms with Gasteiger partial charge in [-0.25, -0.2) is 0 Å². The maximum Gasteiger partial charge on any atom is 0.387 e. The Kier molecular flexibility index (Phi) is 8.25. The third-order valence-electron chi connectivity index (χ3n) is 3.64. The first-order chi connectivity index (χ1) is 12.5. The van der Waals surface area contributed by atoms with Gasteiger partial charge in [0.1, 0.15) is 5.75 Å². The third kappa shape index (κ3) is 6.02. The molecule has 1 heterocycles. The fourth-order valence-electron chi connectivity index (χ4n) is 2.43. The largest absolute Gasteiger partial charge is 0.435 e. The van der Waals surface area contributed by atoms with Crippen molar-refractivity contribution >= 4 is 61.3 Å². The van der Waals surface area contributed by atoms with Crippen molar-refractivity contribution in [3.8, 4) is 5.75 Å². The Balaban J connectivity index is 0.00000261. The maximum atomic E-state index is 12.7. The molecule has 27 heavy (non-hydrogen) atoms. The first kappa shape index (κ1) is 21.8. The molecule has 2 aromatic rings. The number of aliphatic imine (C=N–C) groups is 1. The fraction of sp³-hybridized carbons (Fsp3) is 0.222. The number of alkyl halides is 2. The van der Waals surface area contributed by atoms with Gasteiger partial charge < -0.3 is 9.64 Å². The van der Waals surface area contributed by atoms with Crippen molar-refractivity contribution in [2.24, 2.45) is 4.99 Å². The molecule has 0 aromatic heterocycles. The van der Waals surface area contributed by atoms with Crippen molar-refractivity contribution in [1.29, 1.82) is 0 Å². The van der Waals surface area contributed by atoms with Crippen LogP contribution in [0, 0.1) is 0 Å².